The van der Waals surface area contributed by atoms with Gasteiger partial charge in [-0.05, 0) is 70.3 Å². The lowest BCUT2D eigenvalue weighted by molar-refractivity contribution is -0.136. The topological polar surface area (TPSA) is 110 Å². The van der Waals surface area contributed by atoms with E-state index >= 15 is 0 Å². The fraction of sp³-hybridized carbons (Fsp3) is 0.160. The molecule has 0 aliphatic heterocycles. The normalized spacial score (nSPS) is 10.9. The second-order valence-electron chi connectivity index (χ2n) is 8.08. The molecular formula is C25H21Cl2N5O3S. The van der Waals surface area contributed by atoms with Crippen molar-refractivity contribution in [3.63, 3.8) is 0 Å². The number of hydrogen-bond donors (Lipinski definition) is 2. The minimum absolute atomic E-state index is 0.0337. The number of halogens is 2. The molecule has 1 heterocycles. The van der Waals surface area contributed by atoms with Crippen LogP contribution in [0, 0.1) is 13.8 Å². The van der Waals surface area contributed by atoms with Crippen LogP contribution in [0.25, 0.3) is 16.8 Å². The largest absolute Gasteiger partial charge is 0.481 e. The van der Waals surface area contributed by atoms with E-state index in [0.29, 0.717) is 32.1 Å². The van der Waals surface area contributed by atoms with E-state index in [1.807, 2.05) is 44.2 Å². The van der Waals surface area contributed by atoms with Gasteiger partial charge in [-0.2, -0.15) is 4.68 Å². The van der Waals surface area contributed by atoms with E-state index in [2.05, 4.69) is 20.8 Å². The number of amides is 1. The summed E-state index contributed by atoms with van der Waals surface area (Å²) >= 11 is 14.0. The van der Waals surface area contributed by atoms with E-state index < -0.39 is 5.97 Å². The van der Waals surface area contributed by atoms with Crippen LogP contribution < -0.4 is 5.32 Å². The molecule has 0 radical (unpaired) electrons. The Hall–Kier alpha value is -3.40. The predicted octanol–water partition coefficient (Wildman–Crippen LogP) is 5.61. The molecule has 184 valence electrons. The smallest absolute Gasteiger partial charge is 0.307 e. The Morgan fingerprint density at radius 1 is 1.00 bits per heavy atom. The Morgan fingerprint density at radius 2 is 1.72 bits per heavy atom. The molecule has 0 bridgehead atoms. The van der Waals surface area contributed by atoms with Crippen LogP contribution in [0.1, 0.15) is 16.7 Å². The van der Waals surface area contributed by atoms with Gasteiger partial charge in [0.2, 0.25) is 11.1 Å². The van der Waals surface area contributed by atoms with Gasteiger partial charge in [0, 0.05) is 0 Å². The average molecular weight is 542 g/mol. The number of carbonyl (C=O) groups excluding carboxylic acids is 1. The number of anilines is 1. The minimum atomic E-state index is -0.880. The molecule has 0 unspecified atom stereocenters. The lowest BCUT2D eigenvalue weighted by atomic mass is 10.0. The molecule has 0 saturated heterocycles. The molecule has 1 amide bonds. The summed E-state index contributed by atoms with van der Waals surface area (Å²) in [6.07, 6.45) is -0.0337. The van der Waals surface area contributed by atoms with E-state index in [1.54, 1.807) is 24.3 Å². The lowest BCUT2D eigenvalue weighted by Crippen LogP contribution is -2.15. The Balaban J connectivity index is 1.41. The maximum absolute atomic E-state index is 12.6. The number of carboxylic acids is 1. The highest BCUT2D eigenvalue weighted by Crippen LogP contribution is 2.31. The highest BCUT2D eigenvalue weighted by molar-refractivity contribution is 7.99. The van der Waals surface area contributed by atoms with Gasteiger partial charge in [-0.15, -0.1) is 5.10 Å². The van der Waals surface area contributed by atoms with Crippen LogP contribution in [0.2, 0.25) is 10.0 Å². The van der Waals surface area contributed by atoms with E-state index in [-0.39, 0.29) is 18.1 Å². The van der Waals surface area contributed by atoms with Gasteiger partial charge in [0.15, 0.2) is 0 Å². The van der Waals surface area contributed by atoms with E-state index in [4.69, 9.17) is 28.3 Å². The number of tetrazole rings is 1. The second kappa shape index (κ2) is 11.1. The highest BCUT2D eigenvalue weighted by atomic mass is 35.5. The van der Waals surface area contributed by atoms with Crippen molar-refractivity contribution in [1.29, 1.82) is 0 Å². The minimum Gasteiger partial charge on any atom is -0.481 e. The maximum Gasteiger partial charge on any atom is 0.307 e. The molecule has 4 rings (SSSR count). The van der Waals surface area contributed by atoms with Crippen LogP contribution in [0.15, 0.2) is 59.8 Å². The third kappa shape index (κ3) is 6.04. The van der Waals surface area contributed by atoms with Gasteiger partial charge in [0.05, 0.1) is 33.6 Å². The third-order valence-electron chi connectivity index (χ3n) is 5.27. The predicted molar refractivity (Wildman–Crippen MR) is 141 cm³/mol. The summed E-state index contributed by atoms with van der Waals surface area (Å²) in [6, 6.07) is 16.3. The number of aromatic nitrogens is 4. The van der Waals surface area contributed by atoms with Crippen LogP contribution in [0.5, 0.6) is 0 Å². The first-order chi connectivity index (χ1) is 17.2. The van der Waals surface area contributed by atoms with E-state index in [1.165, 1.54) is 16.4 Å². The van der Waals surface area contributed by atoms with E-state index in [0.717, 1.165) is 22.3 Å². The van der Waals surface area contributed by atoms with Crippen molar-refractivity contribution >= 4 is 52.5 Å². The Morgan fingerprint density at radius 3 is 2.39 bits per heavy atom. The molecule has 1 aromatic heterocycles. The molecular weight excluding hydrogens is 521 g/mol. The number of thioether (sulfide) groups is 1. The van der Waals surface area contributed by atoms with Crippen molar-refractivity contribution in [2.24, 2.45) is 0 Å². The molecule has 36 heavy (non-hydrogen) atoms. The van der Waals surface area contributed by atoms with Gasteiger partial charge in [-0.3, -0.25) is 9.59 Å². The summed E-state index contributed by atoms with van der Waals surface area (Å²) in [5, 5.41) is 24.9. The second-order valence-corrected chi connectivity index (χ2v) is 9.84. The first-order valence-electron chi connectivity index (χ1n) is 10.8. The summed E-state index contributed by atoms with van der Waals surface area (Å²) in [5.41, 5.74) is 5.54. The van der Waals surface area contributed by atoms with Gasteiger partial charge in [-0.1, -0.05) is 71.4 Å². The Labute approximate surface area is 221 Å². The summed E-state index contributed by atoms with van der Waals surface area (Å²) in [4.78, 5) is 23.5. The Bertz CT molecular complexity index is 1420. The van der Waals surface area contributed by atoms with Crippen LogP contribution >= 0.6 is 35.0 Å². The van der Waals surface area contributed by atoms with Crippen molar-refractivity contribution in [3.8, 4) is 16.8 Å². The zero-order valence-electron chi connectivity index (χ0n) is 19.3. The summed E-state index contributed by atoms with van der Waals surface area (Å²) < 4.78 is 1.53. The molecule has 0 saturated carbocycles. The van der Waals surface area contributed by atoms with Crippen molar-refractivity contribution in [2.45, 2.75) is 25.4 Å². The monoisotopic (exact) mass is 541 g/mol. The summed E-state index contributed by atoms with van der Waals surface area (Å²) in [6.45, 7) is 3.88. The van der Waals surface area contributed by atoms with Crippen LogP contribution in [0.4, 0.5) is 5.69 Å². The molecule has 0 fully saturated rings. The standard InChI is InChI=1S/C25H21Cl2N5O3S/c1-14-9-15(2)24(20(27)10-14)32-25(29-30-31-32)36-13-22(33)28-21-8-7-18(12-19(21)26)17-5-3-16(4-6-17)11-23(34)35/h3-10,12H,11,13H2,1-2H3,(H,28,33)(H,34,35). The number of carboxylic acid groups (broad SMARTS) is 1. The first kappa shape index (κ1) is 25.7. The van der Waals surface area contributed by atoms with Gasteiger partial charge >= 0.3 is 5.97 Å². The van der Waals surface area contributed by atoms with Crippen molar-refractivity contribution in [3.05, 3.63) is 81.3 Å². The number of nitrogens with zero attached hydrogens (tertiary/aromatic N) is 4. The molecule has 4 aromatic rings. The SMILES string of the molecule is Cc1cc(C)c(-n2nnnc2SCC(=O)Nc2ccc(-c3ccc(CC(=O)O)cc3)cc2Cl)c(Cl)c1. The zero-order chi connectivity index (χ0) is 25.8. The fourth-order valence-electron chi connectivity index (χ4n) is 3.69. The van der Waals surface area contributed by atoms with Gasteiger partial charge in [-0.25, -0.2) is 0 Å². The number of benzene rings is 3. The lowest BCUT2D eigenvalue weighted by Gasteiger charge is -2.11. The number of aryl methyl sites for hydroxylation is 2. The highest BCUT2D eigenvalue weighted by Gasteiger charge is 2.17. The number of carbonyl (C=O) groups is 2. The van der Waals surface area contributed by atoms with Gasteiger partial charge in [0.25, 0.3) is 0 Å². The fourth-order valence-corrected chi connectivity index (χ4v) is 4.99. The zero-order valence-corrected chi connectivity index (χ0v) is 21.7. The third-order valence-corrected chi connectivity index (χ3v) is 6.79. The quantitative estimate of drug-likeness (QED) is 0.279. The molecule has 8 nitrogen and oxygen atoms in total. The average Bonchev–Trinajstić information content (AvgIpc) is 3.26. The van der Waals surface area contributed by atoms with Crippen LogP contribution in [-0.2, 0) is 16.0 Å². The van der Waals surface area contributed by atoms with Crippen molar-refractivity contribution in [1.82, 2.24) is 20.2 Å². The van der Waals surface area contributed by atoms with Crippen molar-refractivity contribution < 1.29 is 14.7 Å². The summed E-state index contributed by atoms with van der Waals surface area (Å²) in [5.74, 6) is -1.09. The molecule has 0 aliphatic rings. The van der Waals surface area contributed by atoms with Crippen LogP contribution in [-0.4, -0.2) is 42.9 Å². The molecule has 2 N–H and O–H groups in total. The number of aliphatic carboxylic acids is 1. The van der Waals surface area contributed by atoms with Gasteiger partial charge < -0.3 is 10.4 Å². The number of hydrogen-bond acceptors (Lipinski definition) is 6. The summed E-state index contributed by atoms with van der Waals surface area (Å²) in [7, 11) is 0. The number of rotatable bonds is 8. The van der Waals surface area contributed by atoms with Gasteiger partial charge in [0.1, 0.15) is 0 Å². The Kier molecular flexibility index (Phi) is 7.93. The molecule has 3 aromatic carbocycles. The number of nitrogens with one attached hydrogen (secondary N) is 1. The van der Waals surface area contributed by atoms with Crippen LogP contribution in [0.3, 0.4) is 0 Å². The molecule has 0 aliphatic carbocycles. The molecule has 0 spiro atoms. The maximum atomic E-state index is 12.6. The van der Waals surface area contributed by atoms with E-state index in [9.17, 15) is 9.59 Å². The van der Waals surface area contributed by atoms with Crippen molar-refractivity contribution in [2.75, 3.05) is 11.1 Å². The first-order valence-corrected chi connectivity index (χ1v) is 12.5. The molecule has 11 heteroatoms. The molecule has 0 atom stereocenters.